The van der Waals surface area contributed by atoms with E-state index < -0.39 is 16.1 Å². The number of benzene rings is 3. The zero-order valence-electron chi connectivity index (χ0n) is 24.3. The van der Waals surface area contributed by atoms with Gasteiger partial charge in [-0.25, -0.2) is 8.42 Å². The van der Waals surface area contributed by atoms with E-state index in [1.54, 1.807) is 11.0 Å². The van der Waals surface area contributed by atoms with E-state index in [1.165, 1.54) is 10.6 Å². The number of nitrogens with zero attached hydrogens (tertiary/aromatic N) is 2. The lowest BCUT2D eigenvalue weighted by Gasteiger charge is -2.33. The van der Waals surface area contributed by atoms with Gasteiger partial charge in [0.15, 0.2) is 0 Å². The maximum absolute atomic E-state index is 14.0. The molecule has 7 nitrogen and oxygen atoms in total. The number of carbonyl (C=O) groups is 2. The Balaban J connectivity index is 1.59. The quantitative estimate of drug-likeness (QED) is 0.245. The number of para-hydroxylation sites is 1. The van der Waals surface area contributed by atoms with Crippen LogP contribution < -0.4 is 9.62 Å². The number of nitrogens with one attached hydrogen (secondary N) is 1. The molecular weight excluding hydrogens is 614 g/mol. The smallest absolute Gasteiger partial charge is 0.243 e. The minimum absolute atomic E-state index is 0.108. The molecule has 1 aliphatic rings. The first-order valence-corrected chi connectivity index (χ1v) is 17.2. The van der Waals surface area contributed by atoms with Crippen LogP contribution in [0.3, 0.4) is 0 Å². The van der Waals surface area contributed by atoms with E-state index in [4.69, 9.17) is 0 Å². The largest absolute Gasteiger partial charge is 0.352 e. The number of aryl methyl sites for hydroxylation is 1. The van der Waals surface area contributed by atoms with Crippen LogP contribution >= 0.6 is 15.9 Å². The first-order valence-electron chi connectivity index (χ1n) is 14.5. The van der Waals surface area contributed by atoms with Crippen LogP contribution in [0.25, 0.3) is 0 Å². The molecule has 3 aromatic rings. The SMILES string of the molecule is Cc1ccccc1N(CCCC(=O)N(Cc1ccc(Br)cc1)C(Cc1ccccc1)C(=O)NC1CCCC1)S(C)(=O)=O. The first-order chi connectivity index (χ1) is 20.1. The van der Waals surface area contributed by atoms with Crippen molar-refractivity contribution in [3.63, 3.8) is 0 Å². The van der Waals surface area contributed by atoms with E-state index in [-0.39, 0.29) is 37.4 Å². The summed E-state index contributed by atoms with van der Waals surface area (Å²) in [6, 6.07) is 24.3. The molecule has 0 radical (unpaired) electrons. The van der Waals surface area contributed by atoms with Crippen molar-refractivity contribution in [1.82, 2.24) is 10.2 Å². The highest BCUT2D eigenvalue weighted by molar-refractivity contribution is 9.10. The summed E-state index contributed by atoms with van der Waals surface area (Å²) in [5, 5.41) is 3.22. The molecule has 0 aliphatic heterocycles. The van der Waals surface area contributed by atoms with Gasteiger partial charge in [-0.05, 0) is 61.1 Å². The Labute approximate surface area is 258 Å². The number of carbonyl (C=O) groups excluding carboxylic acids is 2. The molecule has 1 N–H and O–H groups in total. The highest BCUT2D eigenvalue weighted by Gasteiger charge is 2.32. The van der Waals surface area contributed by atoms with Gasteiger partial charge in [-0.1, -0.05) is 89.4 Å². The highest BCUT2D eigenvalue weighted by atomic mass is 79.9. The maximum Gasteiger partial charge on any atom is 0.243 e. The molecule has 42 heavy (non-hydrogen) atoms. The van der Waals surface area contributed by atoms with Gasteiger partial charge in [-0.2, -0.15) is 0 Å². The van der Waals surface area contributed by atoms with Gasteiger partial charge in [0.1, 0.15) is 6.04 Å². The number of sulfonamides is 1. The van der Waals surface area contributed by atoms with E-state index in [0.29, 0.717) is 18.5 Å². The van der Waals surface area contributed by atoms with Crippen molar-refractivity contribution in [1.29, 1.82) is 0 Å². The summed E-state index contributed by atoms with van der Waals surface area (Å²) in [5.41, 5.74) is 3.34. The summed E-state index contributed by atoms with van der Waals surface area (Å²) in [4.78, 5) is 29.5. The molecule has 224 valence electrons. The highest BCUT2D eigenvalue weighted by Crippen LogP contribution is 2.24. The number of amides is 2. The molecule has 9 heteroatoms. The molecule has 2 amide bonds. The topological polar surface area (TPSA) is 86.8 Å². The predicted molar refractivity (Wildman–Crippen MR) is 172 cm³/mol. The lowest BCUT2D eigenvalue weighted by molar-refractivity contribution is -0.141. The van der Waals surface area contributed by atoms with E-state index in [9.17, 15) is 18.0 Å². The third-order valence-electron chi connectivity index (χ3n) is 7.78. The molecule has 3 aromatic carbocycles. The molecular formula is C33H40BrN3O4S. The summed E-state index contributed by atoms with van der Waals surface area (Å²) in [6.07, 6.45) is 6.08. The van der Waals surface area contributed by atoms with Crippen molar-refractivity contribution in [2.75, 3.05) is 17.1 Å². The number of anilines is 1. The lowest BCUT2D eigenvalue weighted by Crippen LogP contribution is -2.52. The fourth-order valence-corrected chi connectivity index (χ4v) is 6.82. The average Bonchev–Trinajstić information content (AvgIpc) is 3.47. The molecule has 1 unspecified atom stereocenters. The van der Waals surface area contributed by atoms with E-state index in [2.05, 4.69) is 21.2 Å². The Kier molecular flexibility index (Phi) is 11.2. The zero-order valence-corrected chi connectivity index (χ0v) is 26.7. The van der Waals surface area contributed by atoms with Gasteiger partial charge in [0.25, 0.3) is 0 Å². The average molecular weight is 655 g/mol. The Morgan fingerprint density at radius 3 is 2.21 bits per heavy atom. The van der Waals surface area contributed by atoms with Gasteiger partial charge in [0.05, 0.1) is 11.9 Å². The van der Waals surface area contributed by atoms with Gasteiger partial charge in [0, 0.05) is 36.4 Å². The van der Waals surface area contributed by atoms with Crippen LogP contribution in [0.4, 0.5) is 5.69 Å². The first kappa shape index (κ1) is 31.8. The van der Waals surface area contributed by atoms with Crippen molar-refractivity contribution in [3.8, 4) is 0 Å². The van der Waals surface area contributed by atoms with Crippen LogP contribution in [0.15, 0.2) is 83.3 Å². The van der Waals surface area contributed by atoms with Crippen LogP contribution in [0.5, 0.6) is 0 Å². The van der Waals surface area contributed by atoms with Crippen LogP contribution in [-0.2, 0) is 32.6 Å². The third kappa shape index (κ3) is 8.91. The lowest BCUT2D eigenvalue weighted by atomic mass is 10.0. The molecule has 4 rings (SSSR count). The summed E-state index contributed by atoms with van der Waals surface area (Å²) in [5.74, 6) is -0.326. The second kappa shape index (κ2) is 14.8. The van der Waals surface area contributed by atoms with E-state index in [1.807, 2.05) is 79.7 Å². The fraction of sp³-hybridized carbons (Fsp3) is 0.394. The molecule has 1 saturated carbocycles. The van der Waals surface area contributed by atoms with E-state index >= 15 is 0 Å². The van der Waals surface area contributed by atoms with Gasteiger partial charge in [0.2, 0.25) is 21.8 Å². The van der Waals surface area contributed by atoms with Crippen LogP contribution in [-0.4, -0.2) is 50.0 Å². The van der Waals surface area contributed by atoms with Crippen molar-refractivity contribution in [2.45, 2.75) is 70.5 Å². The second-order valence-electron chi connectivity index (χ2n) is 11.1. The molecule has 1 atom stereocenters. The van der Waals surface area contributed by atoms with Gasteiger partial charge in [-0.3, -0.25) is 13.9 Å². The minimum atomic E-state index is -3.56. The predicted octanol–water partition coefficient (Wildman–Crippen LogP) is 6.00. The van der Waals surface area contributed by atoms with Crippen LogP contribution in [0.2, 0.25) is 0 Å². The van der Waals surface area contributed by atoms with Crippen LogP contribution in [0.1, 0.15) is 55.2 Å². The van der Waals surface area contributed by atoms with Gasteiger partial charge in [-0.15, -0.1) is 0 Å². The third-order valence-corrected chi connectivity index (χ3v) is 9.48. The maximum atomic E-state index is 14.0. The molecule has 0 bridgehead atoms. The fourth-order valence-electron chi connectivity index (χ4n) is 5.53. The Hall–Kier alpha value is -3.17. The summed E-state index contributed by atoms with van der Waals surface area (Å²) in [7, 11) is -3.56. The number of hydrogen-bond donors (Lipinski definition) is 1. The normalized spacial score (nSPS) is 14.4. The summed E-state index contributed by atoms with van der Waals surface area (Å²) >= 11 is 3.48. The standard InChI is InChI=1S/C33H40BrN3O4S/c1-25-11-6-9-16-30(25)37(42(2,40)41)22-10-17-32(38)36(24-27-18-20-28(34)21-19-27)31(23-26-12-4-3-5-13-26)33(39)35-29-14-7-8-15-29/h3-6,9,11-13,16,18-21,29,31H,7-8,10,14-15,17,22-24H2,1-2H3,(H,35,39). The van der Waals surface area contributed by atoms with Crippen molar-refractivity contribution in [2.24, 2.45) is 0 Å². The van der Waals surface area contributed by atoms with E-state index in [0.717, 1.165) is 46.8 Å². The van der Waals surface area contributed by atoms with Crippen molar-refractivity contribution in [3.05, 3.63) is 100 Å². The molecule has 0 heterocycles. The Morgan fingerprint density at radius 2 is 1.57 bits per heavy atom. The zero-order chi connectivity index (χ0) is 30.1. The molecule has 0 aromatic heterocycles. The number of rotatable bonds is 13. The number of halogens is 1. The molecule has 1 aliphatic carbocycles. The summed E-state index contributed by atoms with van der Waals surface area (Å²) < 4.78 is 27.7. The van der Waals surface area contributed by atoms with Gasteiger partial charge >= 0.3 is 0 Å². The Morgan fingerprint density at radius 1 is 0.929 bits per heavy atom. The van der Waals surface area contributed by atoms with Crippen molar-refractivity contribution < 1.29 is 18.0 Å². The monoisotopic (exact) mass is 653 g/mol. The minimum Gasteiger partial charge on any atom is -0.352 e. The molecule has 0 spiro atoms. The molecule has 1 fully saturated rings. The number of hydrogen-bond acceptors (Lipinski definition) is 4. The van der Waals surface area contributed by atoms with Gasteiger partial charge < -0.3 is 10.2 Å². The van der Waals surface area contributed by atoms with Crippen LogP contribution in [0, 0.1) is 6.92 Å². The second-order valence-corrected chi connectivity index (χ2v) is 13.9. The molecule has 0 saturated heterocycles. The van der Waals surface area contributed by atoms with Crippen molar-refractivity contribution >= 4 is 43.5 Å². The Bertz CT molecular complexity index is 1440. The summed E-state index contributed by atoms with van der Waals surface area (Å²) in [6.45, 7) is 2.31.